The lowest BCUT2D eigenvalue weighted by Crippen LogP contribution is -2.41. The Labute approximate surface area is 227 Å². The average Bonchev–Trinajstić information content (AvgIpc) is 3.57. The maximum atomic E-state index is 12.6. The molecule has 0 saturated carbocycles. The fourth-order valence-corrected chi connectivity index (χ4v) is 4.95. The molecule has 2 heterocycles. The number of rotatable bonds is 8. The third kappa shape index (κ3) is 6.12. The van der Waals surface area contributed by atoms with Gasteiger partial charge in [-0.3, -0.25) is 5.32 Å². The van der Waals surface area contributed by atoms with Crippen LogP contribution in [0.5, 0.6) is 11.5 Å². The highest BCUT2D eigenvalue weighted by molar-refractivity contribution is 5.84. The molecule has 0 bridgehead atoms. The maximum Gasteiger partial charge on any atom is 0.412 e. The minimum Gasteiger partial charge on any atom is -0.457 e. The molecule has 0 spiro atoms. The van der Waals surface area contributed by atoms with E-state index in [9.17, 15) is 4.79 Å². The number of hydrogen-bond donors (Lipinski definition) is 2. The van der Waals surface area contributed by atoms with Crippen LogP contribution in [0.2, 0.25) is 0 Å². The molecule has 0 aromatic heterocycles. The minimum absolute atomic E-state index is 0.0256. The molecular formula is C32H30N2O5. The van der Waals surface area contributed by atoms with Crippen molar-refractivity contribution in [3.05, 3.63) is 115 Å². The first-order valence-electron chi connectivity index (χ1n) is 13.1. The molecule has 2 aliphatic heterocycles. The molecule has 0 aliphatic carbocycles. The zero-order valence-electron chi connectivity index (χ0n) is 21.4. The number of carbonyl (C=O) groups is 1. The van der Waals surface area contributed by atoms with E-state index in [1.807, 2.05) is 48.5 Å². The summed E-state index contributed by atoms with van der Waals surface area (Å²) in [6.45, 7) is 1.50. The van der Waals surface area contributed by atoms with E-state index in [0.717, 1.165) is 5.75 Å². The fourth-order valence-electron chi connectivity index (χ4n) is 4.95. The van der Waals surface area contributed by atoms with E-state index in [-0.39, 0.29) is 18.2 Å². The van der Waals surface area contributed by atoms with Crippen molar-refractivity contribution in [1.82, 2.24) is 5.32 Å². The summed E-state index contributed by atoms with van der Waals surface area (Å²) in [7, 11) is 0. The number of fused-ring (bicyclic) bond motifs is 1. The summed E-state index contributed by atoms with van der Waals surface area (Å²) in [6.07, 6.45) is -1.47. The van der Waals surface area contributed by atoms with E-state index < -0.39 is 12.2 Å². The van der Waals surface area contributed by atoms with Gasteiger partial charge in [0.05, 0.1) is 19.3 Å². The van der Waals surface area contributed by atoms with Crippen LogP contribution in [0.15, 0.2) is 109 Å². The Morgan fingerprint density at radius 3 is 2.10 bits per heavy atom. The number of ether oxygens (including phenoxy) is 4. The second-order valence-corrected chi connectivity index (χ2v) is 9.65. The monoisotopic (exact) mass is 522 g/mol. The van der Waals surface area contributed by atoms with Gasteiger partial charge in [0.15, 0.2) is 6.10 Å². The van der Waals surface area contributed by atoms with Gasteiger partial charge in [-0.15, -0.1) is 0 Å². The molecule has 7 nitrogen and oxygen atoms in total. The standard InChI is InChI=1S/C32H30N2O5/c35-32(34-25-15-17-27(18-16-25)38-26-9-5-2-6-10-26)39-29-21-37-30-28(20-36-31(29)30)33-19-22-11-13-24(14-12-22)23-7-3-1-4-8-23/h1-18,28-31,33H,19-21H2,(H,34,35). The van der Waals surface area contributed by atoms with Crippen molar-refractivity contribution in [2.75, 3.05) is 18.5 Å². The predicted octanol–water partition coefficient (Wildman–Crippen LogP) is 6.02. The number of para-hydroxylation sites is 1. The summed E-state index contributed by atoms with van der Waals surface area (Å²) in [4.78, 5) is 12.6. The van der Waals surface area contributed by atoms with Crippen LogP contribution in [-0.4, -0.2) is 43.7 Å². The van der Waals surface area contributed by atoms with E-state index >= 15 is 0 Å². The molecule has 4 aromatic rings. The highest BCUT2D eigenvalue weighted by Gasteiger charge is 2.49. The van der Waals surface area contributed by atoms with Gasteiger partial charge in [-0.05, 0) is 53.1 Å². The second-order valence-electron chi connectivity index (χ2n) is 9.65. The molecule has 2 N–H and O–H groups in total. The first-order chi connectivity index (χ1) is 19.2. The van der Waals surface area contributed by atoms with Crippen LogP contribution < -0.4 is 15.4 Å². The Morgan fingerprint density at radius 1 is 0.718 bits per heavy atom. The topological polar surface area (TPSA) is 78.1 Å². The predicted molar refractivity (Wildman–Crippen MR) is 149 cm³/mol. The smallest absolute Gasteiger partial charge is 0.412 e. The normalized spacial score (nSPS) is 21.7. The molecule has 4 aromatic carbocycles. The summed E-state index contributed by atoms with van der Waals surface area (Å²) >= 11 is 0. The van der Waals surface area contributed by atoms with Gasteiger partial charge in [-0.25, -0.2) is 4.79 Å². The molecular weight excluding hydrogens is 492 g/mol. The van der Waals surface area contributed by atoms with Crippen molar-refractivity contribution >= 4 is 11.8 Å². The van der Waals surface area contributed by atoms with Gasteiger partial charge in [-0.1, -0.05) is 72.8 Å². The van der Waals surface area contributed by atoms with Crippen LogP contribution in [0.4, 0.5) is 10.5 Å². The Morgan fingerprint density at radius 2 is 1.36 bits per heavy atom. The summed E-state index contributed by atoms with van der Waals surface area (Å²) in [5.41, 5.74) is 4.19. The van der Waals surface area contributed by atoms with Crippen molar-refractivity contribution in [3.8, 4) is 22.6 Å². The lowest BCUT2D eigenvalue weighted by molar-refractivity contribution is 0.00854. The highest BCUT2D eigenvalue weighted by Crippen LogP contribution is 2.30. The first kappa shape index (κ1) is 25.1. The van der Waals surface area contributed by atoms with Crippen molar-refractivity contribution in [2.24, 2.45) is 0 Å². The van der Waals surface area contributed by atoms with Gasteiger partial charge in [0.25, 0.3) is 0 Å². The van der Waals surface area contributed by atoms with Crippen LogP contribution in [0.1, 0.15) is 5.56 Å². The summed E-state index contributed by atoms with van der Waals surface area (Å²) in [5, 5.41) is 6.32. The Kier molecular flexibility index (Phi) is 7.54. The van der Waals surface area contributed by atoms with Crippen molar-refractivity contribution in [2.45, 2.75) is 30.9 Å². The quantitative estimate of drug-likeness (QED) is 0.295. The molecule has 7 heteroatoms. The van der Waals surface area contributed by atoms with Gasteiger partial charge >= 0.3 is 6.09 Å². The van der Waals surface area contributed by atoms with E-state index in [1.165, 1.54) is 16.7 Å². The molecule has 39 heavy (non-hydrogen) atoms. The van der Waals surface area contributed by atoms with Crippen LogP contribution >= 0.6 is 0 Å². The third-order valence-electron chi connectivity index (χ3n) is 6.98. The number of hydrogen-bond acceptors (Lipinski definition) is 6. The zero-order chi connectivity index (χ0) is 26.4. The van der Waals surface area contributed by atoms with Crippen LogP contribution in [0.25, 0.3) is 11.1 Å². The van der Waals surface area contributed by atoms with Crippen LogP contribution in [-0.2, 0) is 20.8 Å². The summed E-state index contributed by atoms with van der Waals surface area (Å²) < 4.78 is 23.4. The maximum absolute atomic E-state index is 12.6. The molecule has 1 amide bonds. The van der Waals surface area contributed by atoms with Crippen molar-refractivity contribution in [1.29, 1.82) is 0 Å². The summed E-state index contributed by atoms with van der Waals surface area (Å²) in [5.74, 6) is 1.43. The van der Waals surface area contributed by atoms with Crippen LogP contribution in [0.3, 0.4) is 0 Å². The van der Waals surface area contributed by atoms with E-state index in [4.69, 9.17) is 18.9 Å². The molecule has 2 fully saturated rings. The molecule has 6 rings (SSSR count). The lowest BCUT2D eigenvalue weighted by atomic mass is 10.0. The van der Waals surface area contributed by atoms with Gasteiger partial charge in [-0.2, -0.15) is 0 Å². The second kappa shape index (κ2) is 11.7. The van der Waals surface area contributed by atoms with Gasteiger partial charge in [0.2, 0.25) is 0 Å². The molecule has 4 unspecified atom stereocenters. The number of amides is 1. The Hall–Kier alpha value is -4.17. The largest absolute Gasteiger partial charge is 0.457 e. The first-order valence-corrected chi connectivity index (χ1v) is 13.1. The summed E-state index contributed by atoms with van der Waals surface area (Å²) in [6, 6.07) is 35.5. The molecule has 198 valence electrons. The fraction of sp³-hybridized carbons (Fsp3) is 0.219. The number of nitrogens with one attached hydrogen (secondary N) is 2. The van der Waals surface area contributed by atoms with Crippen molar-refractivity contribution < 1.29 is 23.7 Å². The number of anilines is 1. The van der Waals surface area contributed by atoms with Gasteiger partial charge in [0.1, 0.15) is 23.7 Å². The zero-order valence-corrected chi connectivity index (χ0v) is 21.4. The van der Waals surface area contributed by atoms with Gasteiger partial charge < -0.3 is 24.3 Å². The molecule has 0 radical (unpaired) electrons. The Bertz CT molecular complexity index is 1360. The number of carbonyl (C=O) groups excluding carboxylic acids is 1. The van der Waals surface area contributed by atoms with Gasteiger partial charge in [0, 0.05) is 12.2 Å². The minimum atomic E-state index is -0.542. The van der Waals surface area contributed by atoms with E-state index in [1.54, 1.807) is 24.3 Å². The lowest BCUT2D eigenvalue weighted by Gasteiger charge is -2.18. The van der Waals surface area contributed by atoms with Crippen LogP contribution in [0, 0.1) is 0 Å². The average molecular weight is 523 g/mol. The third-order valence-corrected chi connectivity index (χ3v) is 6.98. The van der Waals surface area contributed by atoms with E-state index in [0.29, 0.717) is 31.2 Å². The molecule has 2 aliphatic rings. The van der Waals surface area contributed by atoms with E-state index in [2.05, 4.69) is 47.0 Å². The highest BCUT2D eigenvalue weighted by atomic mass is 16.6. The SMILES string of the molecule is O=C(Nc1ccc(Oc2ccccc2)cc1)OC1COC2C(NCc3ccc(-c4ccccc4)cc3)COC12. The Balaban J connectivity index is 0.968. The molecule has 2 saturated heterocycles. The molecule has 4 atom stereocenters. The number of benzene rings is 4. The van der Waals surface area contributed by atoms with Crippen molar-refractivity contribution in [3.63, 3.8) is 0 Å².